The Morgan fingerprint density at radius 1 is 1.12 bits per heavy atom. The van der Waals surface area contributed by atoms with Crippen molar-refractivity contribution >= 4 is 34.1 Å². The fourth-order valence-electron chi connectivity index (χ4n) is 4.01. The summed E-state index contributed by atoms with van der Waals surface area (Å²) in [7, 11) is 1.60. The van der Waals surface area contributed by atoms with Gasteiger partial charge in [0.05, 0.1) is 17.7 Å². The number of fused-ring (bicyclic) bond motifs is 1. The third-order valence-electron chi connectivity index (χ3n) is 5.85. The van der Waals surface area contributed by atoms with Gasteiger partial charge < -0.3 is 31.6 Å². The molecule has 1 aromatic carbocycles. The van der Waals surface area contributed by atoms with Crippen molar-refractivity contribution < 1.29 is 18.7 Å². The number of nitrogens with two attached hydrogens (primary N) is 2. The molecule has 1 aliphatic carbocycles. The molecule has 10 heteroatoms. The first kappa shape index (κ1) is 23.7. The lowest BCUT2D eigenvalue weighted by Crippen LogP contribution is -2.43. The molecule has 3 aromatic rings. The first-order valence-corrected chi connectivity index (χ1v) is 11.3. The molecule has 2 heterocycles. The highest BCUT2D eigenvalue weighted by molar-refractivity contribution is 5.99. The Morgan fingerprint density at radius 3 is 2.68 bits per heavy atom. The number of rotatable bonds is 9. The van der Waals surface area contributed by atoms with E-state index in [1.807, 2.05) is 18.2 Å². The molecule has 180 valence electrons. The predicted molar refractivity (Wildman–Crippen MR) is 129 cm³/mol. The standard InChI is InChI=1S/C24H29FN6O3/c1-33-10-11-34-21-9-7-14-6-8-15(12-20(14)29-21)28-23-16(22(27)32)13-17(25)24(31-23)30-19-5-3-2-4-18(19)26/h6-9,12-13,18-19H,2-5,10-11,26H2,1H3,(H2,27,32)(H2,28,30,31)/t18-,19?/m0/s1. The second kappa shape index (κ2) is 10.6. The number of hydrogen-bond donors (Lipinski definition) is 4. The zero-order valence-electron chi connectivity index (χ0n) is 19.0. The van der Waals surface area contributed by atoms with Gasteiger partial charge in [-0.15, -0.1) is 0 Å². The number of carbonyl (C=O) groups excluding carboxylic acids is 1. The van der Waals surface area contributed by atoms with E-state index in [0.717, 1.165) is 37.1 Å². The van der Waals surface area contributed by atoms with E-state index in [2.05, 4.69) is 20.6 Å². The Kier molecular flexibility index (Phi) is 7.39. The van der Waals surface area contributed by atoms with Gasteiger partial charge in [0.2, 0.25) is 5.88 Å². The molecule has 1 aliphatic rings. The van der Waals surface area contributed by atoms with Gasteiger partial charge in [-0.05, 0) is 37.1 Å². The largest absolute Gasteiger partial charge is 0.475 e. The minimum atomic E-state index is -0.789. The van der Waals surface area contributed by atoms with Crippen LogP contribution >= 0.6 is 0 Å². The van der Waals surface area contributed by atoms with Crippen molar-refractivity contribution in [2.45, 2.75) is 37.8 Å². The summed E-state index contributed by atoms with van der Waals surface area (Å²) in [5.74, 6) is -0.803. The van der Waals surface area contributed by atoms with Crippen molar-refractivity contribution in [3.05, 3.63) is 47.8 Å². The van der Waals surface area contributed by atoms with Crippen molar-refractivity contribution in [3.63, 3.8) is 0 Å². The maximum atomic E-state index is 14.8. The van der Waals surface area contributed by atoms with Crippen molar-refractivity contribution in [3.8, 4) is 5.88 Å². The summed E-state index contributed by atoms with van der Waals surface area (Å²) in [4.78, 5) is 20.9. The number of amides is 1. The molecule has 0 radical (unpaired) electrons. The predicted octanol–water partition coefficient (Wildman–Crippen LogP) is 3.32. The topological polar surface area (TPSA) is 137 Å². The number of hydrogen-bond acceptors (Lipinski definition) is 8. The van der Waals surface area contributed by atoms with Crippen molar-refractivity contribution in [2.75, 3.05) is 31.0 Å². The molecule has 0 aliphatic heterocycles. The second-order valence-corrected chi connectivity index (χ2v) is 8.30. The van der Waals surface area contributed by atoms with E-state index in [1.54, 1.807) is 19.2 Å². The Balaban J connectivity index is 1.61. The number of benzene rings is 1. The molecule has 4 rings (SSSR count). The number of methoxy groups -OCH3 is 1. The second-order valence-electron chi connectivity index (χ2n) is 8.30. The summed E-state index contributed by atoms with van der Waals surface area (Å²) < 4.78 is 25.3. The van der Waals surface area contributed by atoms with Crippen LogP contribution in [0.2, 0.25) is 0 Å². The lowest BCUT2D eigenvalue weighted by atomic mass is 9.91. The highest BCUT2D eigenvalue weighted by Crippen LogP contribution is 2.28. The molecule has 6 N–H and O–H groups in total. The fourth-order valence-corrected chi connectivity index (χ4v) is 4.01. The van der Waals surface area contributed by atoms with Crippen LogP contribution in [0.4, 0.5) is 21.7 Å². The molecular formula is C24H29FN6O3. The summed E-state index contributed by atoms with van der Waals surface area (Å²) in [5, 5.41) is 7.10. The molecule has 9 nitrogen and oxygen atoms in total. The van der Waals surface area contributed by atoms with Gasteiger partial charge in [-0.3, -0.25) is 4.79 Å². The zero-order valence-corrected chi connectivity index (χ0v) is 19.0. The van der Waals surface area contributed by atoms with Crippen LogP contribution in [0, 0.1) is 5.82 Å². The summed E-state index contributed by atoms with van der Waals surface area (Å²) >= 11 is 0. The molecule has 1 saturated carbocycles. The van der Waals surface area contributed by atoms with Crippen molar-refractivity contribution in [2.24, 2.45) is 11.5 Å². The molecule has 1 unspecified atom stereocenters. The molecule has 0 bridgehead atoms. The first-order valence-electron chi connectivity index (χ1n) is 11.3. The highest BCUT2D eigenvalue weighted by Gasteiger charge is 2.24. The average Bonchev–Trinajstić information content (AvgIpc) is 2.82. The average molecular weight is 469 g/mol. The Morgan fingerprint density at radius 2 is 1.91 bits per heavy atom. The number of halogens is 1. The molecule has 2 aromatic heterocycles. The summed E-state index contributed by atoms with van der Waals surface area (Å²) in [5.41, 5.74) is 12.9. The number of primary amides is 1. The Bertz CT molecular complexity index is 1170. The van der Waals surface area contributed by atoms with E-state index in [9.17, 15) is 9.18 Å². The molecular weight excluding hydrogens is 439 g/mol. The number of pyridine rings is 2. The fraction of sp³-hybridized carbons (Fsp3) is 0.375. The number of aromatic nitrogens is 2. The van der Waals surface area contributed by atoms with E-state index in [1.165, 1.54) is 0 Å². The van der Waals surface area contributed by atoms with Gasteiger partial charge in [0.25, 0.3) is 5.91 Å². The molecule has 2 atom stereocenters. The highest BCUT2D eigenvalue weighted by atomic mass is 19.1. The van der Waals surface area contributed by atoms with Gasteiger partial charge in [-0.2, -0.15) is 0 Å². The third-order valence-corrected chi connectivity index (χ3v) is 5.85. The van der Waals surface area contributed by atoms with E-state index in [4.69, 9.17) is 20.9 Å². The maximum absolute atomic E-state index is 14.8. The minimum absolute atomic E-state index is 0.0302. The van der Waals surface area contributed by atoms with Crippen LogP contribution in [0.25, 0.3) is 10.9 Å². The van der Waals surface area contributed by atoms with E-state index in [0.29, 0.717) is 30.3 Å². The summed E-state index contributed by atoms with van der Waals surface area (Å²) in [6, 6.07) is 10.1. The van der Waals surface area contributed by atoms with Crippen molar-refractivity contribution in [1.82, 2.24) is 9.97 Å². The van der Waals surface area contributed by atoms with Gasteiger partial charge in [0.15, 0.2) is 11.6 Å². The van der Waals surface area contributed by atoms with E-state index < -0.39 is 11.7 Å². The molecule has 34 heavy (non-hydrogen) atoms. The minimum Gasteiger partial charge on any atom is -0.475 e. The monoisotopic (exact) mass is 468 g/mol. The van der Waals surface area contributed by atoms with Crippen LogP contribution < -0.4 is 26.8 Å². The smallest absolute Gasteiger partial charge is 0.252 e. The number of nitrogens with one attached hydrogen (secondary N) is 2. The van der Waals surface area contributed by atoms with Gasteiger partial charge in [0.1, 0.15) is 12.4 Å². The summed E-state index contributed by atoms with van der Waals surface area (Å²) in [6.45, 7) is 0.838. The molecule has 0 saturated heterocycles. The SMILES string of the molecule is COCCOc1ccc2ccc(Nc3nc(NC4CCCC[C@@H]4N)c(F)cc3C(N)=O)cc2n1. The normalized spacial score (nSPS) is 18.0. The van der Waals surface area contributed by atoms with Crippen LogP contribution in [0.5, 0.6) is 5.88 Å². The number of anilines is 3. The van der Waals surface area contributed by atoms with E-state index in [-0.39, 0.29) is 29.3 Å². The lowest BCUT2D eigenvalue weighted by Gasteiger charge is -2.30. The molecule has 1 amide bonds. The van der Waals surface area contributed by atoms with Crippen LogP contribution in [0.1, 0.15) is 36.0 Å². The lowest BCUT2D eigenvalue weighted by molar-refractivity contribution is 0.100. The third kappa shape index (κ3) is 5.52. The zero-order chi connectivity index (χ0) is 24.1. The van der Waals surface area contributed by atoms with E-state index >= 15 is 0 Å². The van der Waals surface area contributed by atoms with Gasteiger partial charge in [0, 0.05) is 36.3 Å². The summed E-state index contributed by atoms with van der Waals surface area (Å²) in [6.07, 6.45) is 3.76. The van der Waals surface area contributed by atoms with Gasteiger partial charge >= 0.3 is 0 Å². The van der Waals surface area contributed by atoms with Gasteiger partial charge in [-0.25, -0.2) is 14.4 Å². The first-order chi connectivity index (χ1) is 16.4. The van der Waals surface area contributed by atoms with Crippen LogP contribution in [0.15, 0.2) is 36.4 Å². The molecule has 0 spiro atoms. The number of ether oxygens (including phenoxy) is 2. The van der Waals surface area contributed by atoms with Crippen molar-refractivity contribution in [1.29, 1.82) is 0 Å². The Labute approximate surface area is 197 Å². The van der Waals surface area contributed by atoms with Gasteiger partial charge in [-0.1, -0.05) is 18.9 Å². The van der Waals surface area contributed by atoms with Crippen LogP contribution in [-0.4, -0.2) is 48.3 Å². The van der Waals surface area contributed by atoms with Crippen LogP contribution in [0.3, 0.4) is 0 Å². The molecule has 1 fully saturated rings. The Hall–Kier alpha value is -3.50. The number of carbonyl (C=O) groups is 1. The number of nitrogens with zero attached hydrogens (tertiary/aromatic N) is 2. The van der Waals surface area contributed by atoms with Crippen LogP contribution in [-0.2, 0) is 4.74 Å². The quantitative estimate of drug-likeness (QED) is 0.351. The maximum Gasteiger partial charge on any atom is 0.252 e.